The maximum Gasteiger partial charge on any atom is 0.223 e. The van der Waals surface area contributed by atoms with Crippen molar-refractivity contribution in [3.8, 4) is 5.75 Å². The molecule has 0 atom stereocenters. The van der Waals surface area contributed by atoms with Gasteiger partial charge in [0.05, 0.1) is 5.69 Å². The molecule has 0 fully saturated rings. The smallest absolute Gasteiger partial charge is 0.223 e. The van der Waals surface area contributed by atoms with Gasteiger partial charge in [-0.1, -0.05) is 58.8 Å². The number of rotatable bonds is 10. The zero-order valence-corrected chi connectivity index (χ0v) is 13.0. The summed E-state index contributed by atoms with van der Waals surface area (Å²) in [7, 11) is 0. The average molecular weight is 279 g/mol. The van der Waals surface area contributed by atoms with E-state index in [-0.39, 0.29) is 11.2 Å². The van der Waals surface area contributed by atoms with Crippen LogP contribution in [0.1, 0.15) is 70.9 Å². The minimum Gasteiger partial charge on any atom is -0.503 e. The van der Waals surface area contributed by atoms with E-state index in [2.05, 4.69) is 6.92 Å². The summed E-state index contributed by atoms with van der Waals surface area (Å²) in [5, 5.41) is 9.77. The highest BCUT2D eigenvalue weighted by molar-refractivity contribution is 5.26. The molecule has 0 radical (unpaired) electrons. The lowest BCUT2D eigenvalue weighted by Gasteiger charge is -2.13. The molecule has 114 valence electrons. The zero-order valence-electron chi connectivity index (χ0n) is 13.0. The summed E-state index contributed by atoms with van der Waals surface area (Å²) < 4.78 is 2.02. The lowest BCUT2D eigenvalue weighted by molar-refractivity contribution is 0.445. The Bertz CT molecular complexity index is 437. The Balaban J connectivity index is 2.29. The molecule has 1 heterocycles. The summed E-state index contributed by atoms with van der Waals surface area (Å²) in [6, 6.07) is 1.46. The Labute approximate surface area is 122 Å². The van der Waals surface area contributed by atoms with Crippen LogP contribution in [0.2, 0.25) is 0 Å². The summed E-state index contributed by atoms with van der Waals surface area (Å²) in [6.07, 6.45) is 12.8. The van der Waals surface area contributed by atoms with Gasteiger partial charge in [-0.15, -0.1) is 0 Å². The number of hydrogen-bond donors (Lipinski definition) is 1. The van der Waals surface area contributed by atoms with Crippen LogP contribution in [0.15, 0.2) is 17.1 Å². The van der Waals surface area contributed by atoms with Gasteiger partial charge in [0, 0.05) is 18.8 Å². The number of aromatic hydroxyl groups is 1. The topological polar surface area (TPSA) is 42.2 Å². The minimum atomic E-state index is -0.269. The van der Waals surface area contributed by atoms with E-state index in [0.29, 0.717) is 6.42 Å². The molecule has 1 aromatic heterocycles. The Hall–Kier alpha value is -1.25. The fourth-order valence-corrected chi connectivity index (χ4v) is 2.60. The number of aromatic nitrogens is 1. The van der Waals surface area contributed by atoms with E-state index in [1.165, 1.54) is 51.0 Å². The van der Waals surface area contributed by atoms with Crippen LogP contribution < -0.4 is 5.43 Å². The molecule has 0 saturated carbocycles. The van der Waals surface area contributed by atoms with Crippen molar-refractivity contribution < 1.29 is 5.11 Å². The second kappa shape index (κ2) is 9.62. The molecule has 20 heavy (non-hydrogen) atoms. The van der Waals surface area contributed by atoms with Gasteiger partial charge in [-0.2, -0.15) is 0 Å². The molecular formula is C17H29NO2. The van der Waals surface area contributed by atoms with Crippen LogP contribution in [0.4, 0.5) is 0 Å². The molecule has 1 N–H and O–H groups in total. The number of nitrogens with zero attached hydrogens (tertiary/aromatic N) is 1. The van der Waals surface area contributed by atoms with Crippen molar-refractivity contribution in [3.05, 3.63) is 28.2 Å². The first-order chi connectivity index (χ1) is 9.70. The quantitative estimate of drug-likeness (QED) is 0.650. The molecule has 0 bridgehead atoms. The van der Waals surface area contributed by atoms with Gasteiger partial charge in [-0.25, -0.2) is 0 Å². The molecular weight excluding hydrogens is 250 g/mol. The number of hydrogen-bond acceptors (Lipinski definition) is 2. The van der Waals surface area contributed by atoms with Gasteiger partial charge < -0.3 is 9.67 Å². The summed E-state index contributed by atoms with van der Waals surface area (Å²) in [6.45, 7) is 5.11. The molecule has 3 nitrogen and oxygen atoms in total. The van der Waals surface area contributed by atoms with Crippen molar-refractivity contribution in [2.24, 2.45) is 0 Å². The number of aryl methyl sites for hydroxylation is 1. The second-order valence-electron chi connectivity index (χ2n) is 5.50. The predicted molar refractivity (Wildman–Crippen MR) is 84.4 cm³/mol. The summed E-state index contributed by atoms with van der Waals surface area (Å²) in [5.41, 5.74) is 0.495. The van der Waals surface area contributed by atoms with E-state index in [9.17, 15) is 9.90 Å². The molecule has 0 aliphatic heterocycles. The van der Waals surface area contributed by atoms with Gasteiger partial charge in [0.25, 0.3) is 0 Å². The maximum atomic E-state index is 11.4. The first-order valence-electron chi connectivity index (χ1n) is 8.12. The van der Waals surface area contributed by atoms with Crippen LogP contribution in [0.3, 0.4) is 0 Å². The van der Waals surface area contributed by atoms with Crippen LogP contribution in [-0.2, 0) is 13.0 Å². The van der Waals surface area contributed by atoms with Gasteiger partial charge in [0.2, 0.25) is 5.43 Å². The molecule has 3 heteroatoms. The fraction of sp³-hybridized carbons (Fsp3) is 0.706. The number of unbranched alkanes of at least 4 members (excludes halogenated alkanes) is 7. The Morgan fingerprint density at radius 3 is 2.20 bits per heavy atom. The predicted octanol–water partition coefficient (Wildman–Crippen LogP) is 4.26. The van der Waals surface area contributed by atoms with Crippen LogP contribution in [-0.4, -0.2) is 9.67 Å². The van der Waals surface area contributed by atoms with Gasteiger partial charge in [-0.3, -0.25) is 4.79 Å². The van der Waals surface area contributed by atoms with Crippen molar-refractivity contribution in [1.82, 2.24) is 4.57 Å². The van der Waals surface area contributed by atoms with Crippen molar-refractivity contribution in [2.75, 3.05) is 0 Å². The van der Waals surface area contributed by atoms with Crippen LogP contribution in [0.5, 0.6) is 5.75 Å². The van der Waals surface area contributed by atoms with Crippen molar-refractivity contribution in [1.29, 1.82) is 0 Å². The third kappa shape index (κ3) is 5.40. The van der Waals surface area contributed by atoms with E-state index >= 15 is 0 Å². The van der Waals surface area contributed by atoms with E-state index in [1.807, 2.05) is 17.7 Å². The first kappa shape index (κ1) is 16.8. The van der Waals surface area contributed by atoms with Crippen molar-refractivity contribution in [3.63, 3.8) is 0 Å². The van der Waals surface area contributed by atoms with Crippen LogP contribution in [0, 0.1) is 0 Å². The molecule has 0 unspecified atom stereocenters. The molecule has 0 spiro atoms. The average Bonchev–Trinajstić information content (AvgIpc) is 2.45. The van der Waals surface area contributed by atoms with E-state index < -0.39 is 0 Å². The zero-order chi connectivity index (χ0) is 14.8. The largest absolute Gasteiger partial charge is 0.503 e. The Morgan fingerprint density at radius 1 is 1.00 bits per heavy atom. The monoisotopic (exact) mass is 279 g/mol. The minimum absolute atomic E-state index is 0.0745. The third-order valence-corrected chi connectivity index (χ3v) is 3.85. The first-order valence-corrected chi connectivity index (χ1v) is 8.12. The van der Waals surface area contributed by atoms with Gasteiger partial charge in [-0.05, 0) is 12.8 Å². The van der Waals surface area contributed by atoms with Crippen LogP contribution in [0.25, 0.3) is 0 Å². The second-order valence-corrected chi connectivity index (χ2v) is 5.50. The highest BCUT2D eigenvalue weighted by atomic mass is 16.3. The highest BCUT2D eigenvalue weighted by Crippen LogP contribution is 2.14. The molecule has 0 aliphatic carbocycles. The Kier molecular flexibility index (Phi) is 8.08. The van der Waals surface area contributed by atoms with E-state index in [0.717, 1.165) is 18.7 Å². The highest BCUT2D eigenvalue weighted by Gasteiger charge is 2.07. The lowest BCUT2D eigenvalue weighted by Crippen LogP contribution is -2.12. The summed E-state index contributed by atoms with van der Waals surface area (Å²) >= 11 is 0. The summed E-state index contributed by atoms with van der Waals surface area (Å²) in [4.78, 5) is 11.4. The van der Waals surface area contributed by atoms with Crippen molar-refractivity contribution in [2.45, 2.75) is 78.2 Å². The van der Waals surface area contributed by atoms with Crippen LogP contribution >= 0.6 is 0 Å². The SMILES string of the molecule is CCCCCCCCCCn1ccc(=O)c(O)c1CC. The van der Waals surface area contributed by atoms with E-state index in [1.54, 1.807) is 0 Å². The van der Waals surface area contributed by atoms with Gasteiger partial charge in [0.1, 0.15) is 0 Å². The molecule has 0 aliphatic rings. The Morgan fingerprint density at radius 2 is 1.60 bits per heavy atom. The van der Waals surface area contributed by atoms with E-state index in [4.69, 9.17) is 0 Å². The summed E-state index contributed by atoms with van der Waals surface area (Å²) in [5.74, 6) is -0.0745. The van der Waals surface area contributed by atoms with Gasteiger partial charge in [0.15, 0.2) is 5.75 Å². The van der Waals surface area contributed by atoms with Crippen molar-refractivity contribution >= 4 is 0 Å². The molecule has 0 saturated heterocycles. The fourth-order valence-electron chi connectivity index (χ4n) is 2.60. The lowest BCUT2D eigenvalue weighted by atomic mass is 10.1. The normalized spacial score (nSPS) is 10.9. The third-order valence-electron chi connectivity index (χ3n) is 3.85. The standard InChI is InChI=1S/C17H29NO2/c1-3-5-6-7-8-9-10-11-13-18-14-12-16(19)17(20)15(18)4-2/h12,14,20H,3-11,13H2,1-2H3. The molecule has 1 rings (SSSR count). The maximum absolute atomic E-state index is 11.4. The molecule has 0 amide bonds. The number of pyridine rings is 1. The molecule has 0 aromatic carbocycles. The molecule has 1 aromatic rings. The van der Waals surface area contributed by atoms with Gasteiger partial charge >= 0.3 is 0 Å².